The zero-order valence-electron chi connectivity index (χ0n) is 15.4. The number of hydrogen-bond donors (Lipinski definition) is 2. The van der Waals surface area contributed by atoms with Gasteiger partial charge in [-0.25, -0.2) is 0 Å². The van der Waals surface area contributed by atoms with Crippen LogP contribution >= 0.6 is 0 Å². The average Bonchev–Trinajstić information content (AvgIpc) is 2.61. The van der Waals surface area contributed by atoms with E-state index >= 15 is 0 Å². The van der Waals surface area contributed by atoms with Crippen LogP contribution in [0.15, 0.2) is 53.7 Å². The zero-order valence-corrected chi connectivity index (χ0v) is 15.4. The third-order valence-corrected chi connectivity index (χ3v) is 3.66. The van der Waals surface area contributed by atoms with Crippen molar-refractivity contribution < 1.29 is 14.4 Å². The predicted molar refractivity (Wildman–Crippen MR) is 103 cm³/mol. The first-order chi connectivity index (χ1) is 12.3. The molecule has 0 bridgehead atoms. The highest BCUT2D eigenvalue weighted by Gasteiger charge is 2.14. The monoisotopic (exact) mass is 353 g/mol. The molecule has 0 saturated carbocycles. The van der Waals surface area contributed by atoms with Crippen LogP contribution < -0.4 is 10.6 Å². The Kier molecular flexibility index (Phi) is 6.49. The van der Waals surface area contributed by atoms with Gasteiger partial charge in [-0.1, -0.05) is 35.0 Å². The lowest BCUT2D eigenvalue weighted by Gasteiger charge is -2.11. The molecule has 0 spiro atoms. The third-order valence-electron chi connectivity index (χ3n) is 3.66. The van der Waals surface area contributed by atoms with Crippen molar-refractivity contribution in [2.75, 3.05) is 10.6 Å². The van der Waals surface area contributed by atoms with Gasteiger partial charge in [0.15, 0.2) is 0 Å². The smallest absolute Gasteiger partial charge is 0.267 e. The van der Waals surface area contributed by atoms with E-state index in [9.17, 15) is 9.59 Å². The van der Waals surface area contributed by atoms with Crippen LogP contribution in [0, 0.1) is 6.92 Å². The highest BCUT2D eigenvalue weighted by Crippen LogP contribution is 2.12. The molecule has 0 saturated heterocycles. The fraction of sp³-hybridized carbons (Fsp3) is 0.250. The standard InChI is InChI=1S/C20H23N3O3/c1-13-5-9-19(10-6-13)22-20(25)15(3)26-23-14(2)17-7-11-18(12-8-17)21-16(4)24/h5-12,15H,1-4H3,(H,21,24)(H,22,25)/b23-14+. The summed E-state index contributed by atoms with van der Waals surface area (Å²) in [7, 11) is 0. The molecule has 6 nitrogen and oxygen atoms in total. The van der Waals surface area contributed by atoms with E-state index in [1.54, 1.807) is 26.0 Å². The normalized spacial score (nSPS) is 12.2. The van der Waals surface area contributed by atoms with Crippen LogP contribution in [0.1, 0.15) is 31.9 Å². The molecule has 0 aliphatic heterocycles. The maximum Gasteiger partial charge on any atom is 0.267 e. The first kappa shape index (κ1) is 19.2. The molecule has 2 rings (SSSR count). The summed E-state index contributed by atoms with van der Waals surface area (Å²) in [5.74, 6) is -0.397. The van der Waals surface area contributed by atoms with Crippen molar-refractivity contribution in [3.63, 3.8) is 0 Å². The van der Waals surface area contributed by atoms with E-state index in [1.807, 2.05) is 43.3 Å². The number of amides is 2. The van der Waals surface area contributed by atoms with Crippen LogP contribution in [0.2, 0.25) is 0 Å². The number of carbonyl (C=O) groups excluding carboxylic acids is 2. The van der Waals surface area contributed by atoms with Gasteiger partial charge in [-0.05, 0) is 50.6 Å². The van der Waals surface area contributed by atoms with Crippen molar-refractivity contribution in [3.8, 4) is 0 Å². The summed E-state index contributed by atoms with van der Waals surface area (Å²) in [6, 6.07) is 14.7. The molecule has 2 N–H and O–H groups in total. The van der Waals surface area contributed by atoms with Crippen molar-refractivity contribution in [2.45, 2.75) is 33.8 Å². The molecule has 2 amide bonds. The topological polar surface area (TPSA) is 79.8 Å². The van der Waals surface area contributed by atoms with Gasteiger partial charge in [-0.15, -0.1) is 0 Å². The molecule has 136 valence electrons. The minimum absolute atomic E-state index is 0.125. The number of benzene rings is 2. The Morgan fingerprint density at radius 2 is 1.46 bits per heavy atom. The van der Waals surface area contributed by atoms with Crippen LogP contribution in [-0.2, 0) is 14.4 Å². The molecule has 0 aliphatic rings. The number of carbonyl (C=O) groups is 2. The minimum Gasteiger partial charge on any atom is -0.382 e. The Bertz CT molecular complexity index is 796. The fourth-order valence-corrected chi connectivity index (χ4v) is 2.14. The van der Waals surface area contributed by atoms with E-state index in [0.29, 0.717) is 17.1 Å². The summed E-state index contributed by atoms with van der Waals surface area (Å²) in [5.41, 5.74) is 4.02. The molecule has 0 radical (unpaired) electrons. The summed E-state index contributed by atoms with van der Waals surface area (Å²) in [6.45, 7) is 6.87. The molecule has 1 unspecified atom stereocenters. The molecule has 2 aromatic carbocycles. The molecule has 0 heterocycles. The fourth-order valence-electron chi connectivity index (χ4n) is 2.14. The number of nitrogens with one attached hydrogen (secondary N) is 2. The lowest BCUT2D eigenvalue weighted by Crippen LogP contribution is -2.26. The highest BCUT2D eigenvalue weighted by atomic mass is 16.6. The van der Waals surface area contributed by atoms with E-state index in [4.69, 9.17) is 4.84 Å². The Morgan fingerprint density at radius 1 is 0.923 bits per heavy atom. The Hall–Kier alpha value is -3.15. The molecule has 26 heavy (non-hydrogen) atoms. The number of anilines is 2. The molecule has 0 aromatic heterocycles. The van der Waals surface area contributed by atoms with Crippen LogP contribution in [0.3, 0.4) is 0 Å². The lowest BCUT2D eigenvalue weighted by atomic mass is 10.1. The molecular formula is C20H23N3O3. The van der Waals surface area contributed by atoms with Gasteiger partial charge in [-0.2, -0.15) is 0 Å². The predicted octanol–water partition coefficient (Wildman–Crippen LogP) is 3.72. The number of oxime groups is 1. The first-order valence-electron chi connectivity index (χ1n) is 8.31. The van der Waals surface area contributed by atoms with Crippen LogP contribution in [0.4, 0.5) is 11.4 Å². The summed E-state index contributed by atoms with van der Waals surface area (Å²) in [6.07, 6.45) is -0.732. The van der Waals surface area contributed by atoms with E-state index in [1.165, 1.54) is 6.92 Å². The van der Waals surface area contributed by atoms with Gasteiger partial charge in [0.1, 0.15) is 0 Å². The second-order valence-corrected chi connectivity index (χ2v) is 6.04. The van der Waals surface area contributed by atoms with E-state index in [0.717, 1.165) is 11.1 Å². The van der Waals surface area contributed by atoms with Gasteiger partial charge >= 0.3 is 0 Å². The van der Waals surface area contributed by atoms with E-state index in [-0.39, 0.29) is 11.8 Å². The van der Waals surface area contributed by atoms with Gasteiger partial charge in [0.05, 0.1) is 5.71 Å². The van der Waals surface area contributed by atoms with Crippen molar-refractivity contribution in [2.24, 2.45) is 5.16 Å². The van der Waals surface area contributed by atoms with Gasteiger partial charge in [0, 0.05) is 18.3 Å². The van der Waals surface area contributed by atoms with Crippen molar-refractivity contribution in [3.05, 3.63) is 59.7 Å². The Labute approximate surface area is 153 Å². The molecule has 6 heteroatoms. The lowest BCUT2D eigenvalue weighted by molar-refractivity contribution is -0.126. The molecule has 0 fully saturated rings. The average molecular weight is 353 g/mol. The van der Waals surface area contributed by atoms with Crippen LogP contribution in [-0.4, -0.2) is 23.6 Å². The maximum atomic E-state index is 12.1. The van der Waals surface area contributed by atoms with Gasteiger partial charge < -0.3 is 15.5 Å². The highest BCUT2D eigenvalue weighted by molar-refractivity contribution is 5.99. The van der Waals surface area contributed by atoms with Gasteiger partial charge in [-0.3, -0.25) is 9.59 Å². The van der Waals surface area contributed by atoms with E-state index < -0.39 is 6.10 Å². The summed E-state index contributed by atoms with van der Waals surface area (Å²) < 4.78 is 0. The van der Waals surface area contributed by atoms with Crippen LogP contribution in [0.25, 0.3) is 0 Å². The SMILES string of the molecule is CC(=O)Nc1ccc(/C(C)=N/OC(C)C(=O)Nc2ccc(C)cc2)cc1. The first-order valence-corrected chi connectivity index (χ1v) is 8.31. The molecule has 1 atom stereocenters. The number of aryl methyl sites for hydroxylation is 1. The Balaban J connectivity index is 1.93. The zero-order chi connectivity index (χ0) is 19.1. The van der Waals surface area contributed by atoms with Crippen molar-refractivity contribution in [1.82, 2.24) is 0 Å². The second-order valence-electron chi connectivity index (χ2n) is 6.04. The van der Waals surface area contributed by atoms with Gasteiger partial charge in [0.2, 0.25) is 12.0 Å². The Morgan fingerprint density at radius 3 is 2.04 bits per heavy atom. The summed E-state index contributed by atoms with van der Waals surface area (Å²) >= 11 is 0. The number of nitrogens with zero attached hydrogens (tertiary/aromatic N) is 1. The van der Waals surface area contributed by atoms with Gasteiger partial charge in [0.25, 0.3) is 5.91 Å². The van der Waals surface area contributed by atoms with Crippen LogP contribution in [0.5, 0.6) is 0 Å². The second kappa shape index (κ2) is 8.80. The molecular weight excluding hydrogens is 330 g/mol. The largest absolute Gasteiger partial charge is 0.382 e. The minimum atomic E-state index is -0.732. The molecule has 2 aromatic rings. The maximum absolute atomic E-state index is 12.1. The summed E-state index contributed by atoms with van der Waals surface area (Å²) in [4.78, 5) is 28.5. The number of hydrogen-bond acceptors (Lipinski definition) is 4. The van der Waals surface area contributed by atoms with E-state index in [2.05, 4.69) is 15.8 Å². The molecule has 0 aliphatic carbocycles. The quantitative estimate of drug-likeness (QED) is 0.613. The number of rotatable bonds is 6. The van der Waals surface area contributed by atoms with Crippen molar-refractivity contribution >= 4 is 28.9 Å². The van der Waals surface area contributed by atoms with Crippen molar-refractivity contribution in [1.29, 1.82) is 0 Å². The summed E-state index contributed by atoms with van der Waals surface area (Å²) in [5, 5.41) is 9.51. The third kappa shape index (κ3) is 5.73.